The monoisotopic (exact) mass is 572 g/mol. The Morgan fingerprint density at radius 2 is 1.65 bits per heavy atom. The normalized spacial score (nSPS) is 10.9. The van der Waals surface area contributed by atoms with Crippen molar-refractivity contribution in [1.82, 2.24) is 0 Å². The Balaban J connectivity index is 1.36. The van der Waals surface area contributed by atoms with Gasteiger partial charge in [-0.3, -0.25) is 4.79 Å². The molecular weight excluding hydrogens is 552 g/mol. The zero-order chi connectivity index (χ0) is 26.0. The van der Waals surface area contributed by atoms with Gasteiger partial charge in [-0.05, 0) is 59.7 Å². The molecule has 4 aromatic carbocycles. The van der Waals surface area contributed by atoms with E-state index in [2.05, 4.69) is 21.2 Å². The second-order valence-electron chi connectivity index (χ2n) is 7.99. The van der Waals surface area contributed by atoms with Gasteiger partial charge in [-0.2, -0.15) is 5.26 Å². The number of nitrogens with one attached hydrogen (secondary N) is 1. The van der Waals surface area contributed by atoms with Crippen LogP contribution in [0.15, 0.2) is 107 Å². The van der Waals surface area contributed by atoms with Crippen LogP contribution in [0.3, 0.4) is 0 Å². The lowest BCUT2D eigenvalue weighted by Gasteiger charge is -2.10. The van der Waals surface area contributed by atoms with Gasteiger partial charge in [0.2, 0.25) is 0 Å². The van der Waals surface area contributed by atoms with Crippen LogP contribution >= 0.6 is 27.5 Å². The second kappa shape index (κ2) is 12.8. The number of hydrogen-bond donors (Lipinski definition) is 1. The van der Waals surface area contributed by atoms with Crippen LogP contribution in [0.25, 0.3) is 6.08 Å². The Morgan fingerprint density at radius 3 is 2.35 bits per heavy atom. The average molecular weight is 574 g/mol. The first-order valence-electron chi connectivity index (χ1n) is 11.4. The first kappa shape index (κ1) is 26.0. The summed E-state index contributed by atoms with van der Waals surface area (Å²) in [5.41, 5.74) is 3.15. The molecule has 1 amide bonds. The van der Waals surface area contributed by atoms with E-state index in [1.165, 1.54) is 6.08 Å². The molecule has 0 saturated carbocycles. The molecule has 0 aromatic heterocycles. The van der Waals surface area contributed by atoms with Crippen LogP contribution in [0.1, 0.15) is 16.7 Å². The van der Waals surface area contributed by atoms with Crippen LogP contribution in [0.2, 0.25) is 5.02 Å². The van der Waals surface area contributed by atoms with Gasteiger partial charge in [-0.25, -0.2) is 0 Å². The number of amides is 1. The van der Waals surface area contributed by atoms with Gasteiger partial charge < -0.3 is 14.8 Å². The fourth-order valence-electron chi connectivity index (χ4n) is 3.38. The molecule has 7 heteroatoms. The molecule has 0 radical (unpaired) electrons. The minimum Gasteiger partial charge on any atom is -0.489 e. The lowest BCUT2D eigenvalue weighted by atomic mass is 10.1. The summed E-state index contributed by atoms with van der Waals surface area (Å²) in [6, 6.07) is 31.6. The van der Waals surface area contributed by atoms with E-state index in [4.69, 9.17) is 21.1 Å². The maximum absolute atomic E-state index is 12.7. The smallest absolute Gasteiger partial charge is 0.266 e. The van der Waals surface area contributed by atoms with Crippen molar-refractivity contribution in [3.05, 3.63) is 129 Å². The Morgan fingerprint density at radius 1 is 0.919 bits per heavy atom. The molecule has 1 N–H and O–H groups in total. The SMILES string of the molecule is N#C/C(=C\c1ccc(OCc2ccccc2Br)c(Cl)c1)C(=O)Nc1ccc(OCc2ccccc2)cc1. The van der Waals surface area contributed by atoms with Crippen LogP contribution in [0.4, 0.5) is 5.69 Å². The summed E-state index contributed by atoms with van der Waals surface area (Å²) in [6.07, 6.45) is 1.48. The molecule has 0 unspecified atom stereocenters. The van der Waals surface area contributed by atoms with Crippen LogP contribution < -0.4 is 14.8 Å². The highest BCUT2D eigenvalue weighted by Gasteiger charge is 2.11. The van der Waals surface area contributed by atoms with Crippen molar-refractivity contribution in [1.29, 1.82) is 5.26 Å². The maximum Gasteiger partial charge on any atom is 0.266 e. The van der Waals surface area contributed by atoms with E-state index in [1.807, 2.05) is 60.7 Å². The predicted molar refractivity (Wildman–Crippen MR) is 149 cm³/mol. The fourth-order valence-corrected chi connectivity index (χ4v) is 4.03. The van der Waals surface area contributed by atoms with Crippen molar-refractivity contribution in [3.63, 3.8) is 0 Å². The highest BCUT2D eigenvalue weighted by molar-refractivity contribution is 9.10. The van der Waals surface area contributed by atoms with E-state index < -0.39 is 5.91 Å². The minimum atomic E-state index is -0.522. The van der Waals surface area contributed by atoms with Crippen LogP contribution in [0.5, 0.6) is 11.5 Å². The number of hydrogen-bond acceptors (Lipinski definition) is 4. The first-order valence-corrected chi connectivity index (χ1v) is 12.5. The van der Waals surface area contributed by atoms with Gasteiger partial charge in [-0.15, -0.1) is 0 Å². The molecule has 0 fully saturated rings. The lowest BCUT2D eigenvalue weighted by molar-refractivity contribution is -0.112. The van der Waals surface area contributed by atoms with Crippen molar-refractivity contribution in [2.75, 3.05) is 5.32 Å². The van der Waals surface area contributed by atoms with Gasteiger partial charge >= 0.3 is 0 Å². The fraction of sp³-hybridized carbons (Fsp3) is 0.0667. The third-order valence-electron chi connectivity index (χ3n) is 5.33. The summed E-state index contributed by atoms with van der Waals surface area (Å²) in [7, 11) is 0. The van der Waals surface area contributed by atoms with Crippen molar-refractivity contribution in [2.45, 2.75) is 13.2 Å². The standard InChI is InChI=1S/C30H22BrClN2O3/c31-27-9-5-4-8-23(27)20-37-29-15-10-22(17-28(29)32)16-24(18-33)30(35)34-25-11-13-26(14-12-25)36-19-21-6-2-1-3-7-21/h1-17H,19-20H2,(H,34,35)/b24-16+. The van der Waals surface area contributed by atoms with Crippen molar-refractivity contribution >= 4 is 45.2 Å². The van der Waals surface area contributed by atoms with E-state index in [9.17, 15) is 10.1 Å². The molecule has 0 heterocycles. The Labute approximate surface area is 229 Å². The van der Waals surface area contributed by atoms with Gasteiger partial charge in [0.05, 0.1) is 5.02 Å². The Bertz CT molecular complexity index is 1450. The molecule has 0 aliphatic heterocycles. The number of nitrogens with zero attached hydrogens (tertiary/aromatic N) is 1. The molecule has 5 nitrogen and oxygen atoms in total. The second-order valence-corrected chi connectivity index (χ2v) is 9.25. The molecule has 184 valence electrons. The molecule has 0 aliphatic rings. The predicted octanol–water partition coefficient (Wildman–Crippen LogP) is 7.81. The maximum atomic E-state index is 12.7. The molecule has 37 heavy (non-hydrogen) atoms. The summed E-state index contributed by atoms with van der Waals surface area (Å²) < 4.78 is 12.5. The Kier molecular flexibility index (Phi) is 8.98. The number of anilines is 1. The lowest BCUT2D eigenvalue weighted by Crippen LogP contribution is -2.13. The molecule has 0 spiro atoms. The van der Waals surface area contributed by atoms with Gasteiger partial charge in [0.25, 0.3) is 5.91 Å². The molecule has 0 saturated heterocycles. The largest absolute Gasteiger partial charge is 0.489 e. The van der Waals surface area contributed by atoms with E-state index in [0.29, 0.717) is 41.0 Å². The summed E-state index contributed by atoms with van der Waals surface area (Å²) in [5.74, 6) is 0.660. The van der Waals surface area contributed by atoms with Gasteiger partial charge in [0.15, 0.2) is 0 Å². The molecule has 0 bridgehead atoms. The van der Waals surface area contributed by atoms with Crippen molar-refractivity contribution in [2.24, 2.45) is 0 Å². The Hall–Kier alpha value is -4.05. The first-order chi connectivity index (χ1) is 18.0. The van der Waals surface area contributed by atoms with E-state index in [1.54, 1.807) is 42.5 Å². The molecule has 0 atom stereocenters. The van der Waals surface area contributed by atoms with Crippen LogP contribution in [-0.4, -0.2) is 5.91 Å². The summed E-state index contributed by atoms with van der Waals surface area (Å²) in [5, 5.41) is 12.7. The van der Waals surface area contributed by atoms with Crippen LogP contribution in [0, 0.1) is 11.3 Å². The number of carbonyl (C=O) groups excluding carboxylic acids is 1. The quantitative estimate of drug-likeness (QED) is 0.164. The van der Waals surface area contributed by atoms with E-state index in [-0.39, 0.29) is 5.57 Å². The summed E-state index contributed by atoms with van der Waals surface area (Å²) in [4.78, 5) is 12.7. The number of ether oxygens (including phenoxy) is 2. The van der Waals surface area contributed by atoms with Gasteiger partial charge in [0.1, 0.15) is 36.4 Å². The third-order valence-corrected chi connectivity index (χ3v) is 6.40. The number of nitriles is 1. The summed E-state index contributed by atoms with van der Waals surface area (Å²) in [6.45, 7) is 0.794. The van der Waals surface area contributed by atoms with Gasteiger partial charge in [0, 0.05) is 15.7 Å². The van der Waals surface area contributed by atoms with E-state index >= 15 is 0 Å². The zero-order valence-electron chi connectivity index (χ0n) is 19.7. The number of halogens is 2. The average Bonchev–Trinajstić information content (AvgIpc) is 2.92. The molecule has 0 aliphatic carbocycles. The van der Waals surface area contributed by atoms with E-state index in [0.717, 1.165) is 15.6 Å². The summed E-state index contributed by atoms with van der Waals surface area (Å²) >= 11 is 9.89. The molecular formula is C30H22BrClN2O3. The topological polar surface area (TPSA) is 71.3 Å². The molecule has 4 aromatic rings. The van der Waals surface area contributed by atoms with Crippen molar-refractivity contribution in [3.8, 4) is 17.6 Å². The number of rotatable bonds is 9. The zero-order valence-corrected chi connectivity index (χ0v) is 22.0. The third kappa shape index (κ3) is 7.47. The number of benzene rings is 4. The van der Waals surface area contributed by atoms with Crippen LogP contribution in [-0.2, 0) is 18.0 Å². The minimum absolute atomic E-state index is 0.0534. The molecule has 4 rings (SSSR count). The van der Waals surface area contributed by atoms with Crippen molar-refractivity contribution < 1.29 is 14.3 Å². The highest BCUT2D eigenvalue weighted by Crippen LogP contribution is 2.28. The van der Waals surface area contributed by atoms with Gasteiger partial charge in [-0.1, -0.05) is 82.1 Å². The highest BCUT2D eigenvalue weighted by atomic mass is 79.9. The number of carbonyl (C=O) groups is 1.